The number of fused-ring (bicyclic) bond motifs is 1. The summed E-state index contributed by atoms with van der Waals surface area (Å²) in [7, 11) is 2.90. The molecule has 6 nitrogen and oxygen atoms in total. The Kier molecular flexibility index (Phi) is 2.79. The van der Waals surface area contributed by atoms with Crippen molar-refractivity contribution in [3.63, 3.8) is 0 Å². The number of methoxy groups -OCH3 is 1. The van der Waals surface area contributed by atoms with Gasteiger partial charge in [-0.3, -0.25) is 14.6 Å². The number of hydrogen-bond acceptors (Lipinski definition) is 4. The van der Waals surface area contributed by atoms with Gasteiger partial charge < -0.3 is 9.47 Å². The molecule has 1 atom stereocenters. The molecule has 2 heterocycles. The van der Waals surface area contributed by atoms with Crippen LogP contribution in [0.4, 0.5) is 4.79 Å². The number of carbonyl (C=O) groups is 2. The molecule has 0 bridgehead atoms. The maximum absolute atomic E-state index is 11.8. The molecule has 0 N–H and O–H groups in total. The second-order valence-electron chi connectivity index (χ2n) is 3.42. The Morgan fingerprint density at radius 3 is 2.81 bits per heavy atom. The average molecular weight is 291 g/mol. The Bertz CT molecular complexity index is 382. The van der Waals surface area contributed by atoms with Gasteiger partial charge in [0.15, 0.2) is 0 Å². The molecule has 0 aliphatic carbocycles. The van der Waals surface area contributed by atoms with Crippen molar-refractivity contribution in [3.05, 3.63) is 11.6 Å². The first kappa shape index (κ1) is 11.3. The third-order valence-corrected chi connectivity index (χ3v) is 3.36. The summed E-state index contributed by atoms with van der Waals surface area (Å²) < 4.78 is 10.3. The molecular formula is C9H11BrN2O4. The molecule has 1 fully saturated rings. The van der Waals surface area contributed by atoms with Gasteiger partial charge in [-0.2, -0.15) is 0 Å². The lowest BCUT2D eigenvalue weighted by Crippen LogP contribution is -2.56. The number of imide groups is 1. The normalized spacial score (nSPS) is 25.6. The predicted molar refractivity (Wildman–Crippen MR) is 57.6 cm³/mol. The van der Waals surface area contributed by atoms with Crippen LogP contribution in [0, 0.1) is 0 Å². The number of halogens is 1. The van der Waals surface area contributed by atoms with Gasteiger partial charge in [-0.25, -0.2) is 4.79 Å². The Morgan fingerprint density at radius 2 is 2.19 bits per heavy atom. The van der Waals surface area contributed by atoms with E-state index in [9.17, 15) is 9.59 Å². The molecule has 1 saturated heterocycles. The Hall–Kier alpha value is -1.24. The fraction of sp³-hybridized carbons (Fsp3) is 0.556. The lowest BCUT2D eigenvalue weighted by Gasteiger charge is -2.39. The van der Waals surface area contributed by atoms with Crippen molar-refractivity contribution in [1.29, 1.82) is 0 Å². The van der Waals surface area contributed by atoms with Crippen molar-refractivity contribution in [2.24, 2.45) is 0 Å². The summed E-state index contributed by atoms with van der Waals surface area (Å²) in [5, 5.41) is 0. The molecule has 0 aromatic heterocycles. The summed E-state index contributed by atoms with van der Waals surface area (Å²) in [5.74, 6) is -0.0979. The number of hydrogen-bond donors (Lipinski definition) is 0. The van der Waals surface area contributed by atoms with Gasteiger partial charge >= 0.3 is 12.0 Å². The lowest BCUT2D eigenvalue weighted by atomic mass is 10.2. The fourth-order valence-electron chi connectivity index (χ4n) is 1.70. The molecule has 1 unspecified atom stereocenters. The second kappa shape index (κ2) is 3.97. The van der Waals surface area contributed by atoms with Gasteiger partial charge in [-0.1, -0.05) is 15.9 Å². The van der Waals surface area contributed by atoms with Crippen LogP contribution in [0.3, 0.4) is 0 Å². The van der Waals surface area contributed by atoms with E-state index in [2.05, 4.69) is 15.9 Å². The van der Waals surface area contributed by atoms with Gasteiger partial charge in [0.25, 0.3) is 0 Å². The van der Waals surface area contributed by atoms with Crippen LogP contribution in [0.1, 0.15) is 0 Å². The van der Waals surface area contributed by atoms with Crippen LogP contribution < -0.4 is 0 Å². The summed E-state index contributed by atoms with van der Waals surface area (Å²) >= 11 is 3.24. The smallest absolute Gasteiger partial charge is 0.331 e. The van der Waals surface area contributed by atoms with Crippen molar-refractivity contribution in [1.82, 2.24) is 9.80 Å². The molecule has 0 radical (unpaired) electrons. The van der Waals surface area contributed by atoms with Gasteiger partial charge in [-0.15, -0.1) is 0 Å². The molecule has 2 aliphatic heterocycles. The molecule has 0 saturated carbocycles. The van der Waals surface area contributed by atoms with E-state index < -0.39 is 4.83 Å². The number of urea groups is 1. The molecule has 7 heteroatoms. The van der Waals surface area contributed by atoms with Gasteiger partial charge in [0.2, 0.25) is 5.91 Å². The molecule has 88 valence electrons. The van der Waals surface area contributed by atoms with Crippen LogP contribution in [0.2, 0.25) is 0 Å². The summed E-state index contributed by atoms with van der Waals surface area (Å²) in [6.45, 7) is 0.779. The first-order valence-corrected chi connectivity index (χ1v) is 5.63. The Morgan fingerprint density at radius 1 is 1.50 bits per heavy atom. The van der Waals surface area contributed by atoms with E-state index in [1.54, 1.807) is 0 Å². The first-order chi connectivity index (χ1) is 7.57. The number of ether oxygens (including phenoxy) is 2. The quantitative estimate of drug-likeness (QED) is 0.660. The largest absolute Gasteiger partial charge is 0.467 e. The SMILES string of the molecule is COC1=C2C(Br)C(=O)N(C)C(=O)N2CCO1. The Balaban J connectivity index is 2.47. The number of carbonyl (C=O) groups excluding carboxylic acids is 2. The molecule has 2 aliphatic rings. The van der Waals surface area contributed by atoms with E-state index in [4.69, 9.17) is 9.47 Å². The number of amides is 3. The second-order valence-corrected chi connectivity index (χ2v) is 4.33. The summed E-state index contributed by atoms with van der Waals surface area (Å²) in [6, 6.07) is -0.353. The van der Waals surface area contributed by atoms with Gasteiger partial charge in [0, 0.05) is 7.05 Å². The highest BCUT2D eigenvalue weighted by Crippen LogP contribution is 2.31. The zero-order valence-corrected chi connectivity index (χ0v) is 10.5. The van der Waals surface area contributed by atoms with Gasteiger partial charge in [-0.05, 0) is 0 Å². The number of nitrogens with zero attached hydrogens (tertiary/aromatic N) is 2. The van der Waals surface area contributed by atoms with E-state index in [1.165, 1.54) is 19.1 Å². The molecular weight excluding hydrogens is 280 g/mol. The fourth-order valence-corrected chi connectivity index (χ4v) is 2.44. The van der Waals surface area contributed by atoms with Crippen molar-refractivity contribution < 1.29 is 19.1 Å². The summed E-state index contributed by atoms with van der Waals surface area (Å²) in [5.41, 5.74) is 0.446. The van der Waals surface area contributed by atoms with E-state index in [1.807, 2.05) is 0 Å². The molecule has 2 rings (SSSR count). The molecule has 16 heavy (non-hydrogen) atoms. The van der Waals surface area contributed by atoms with Crippen LogP contribution in [0.15, 0.2) is 11.6 Å². The molecule has 0 aromatic rings. The maximum atomic E-state index is 11.8. The van der Waals surface area contributed by atoms with Crippen LogP contribution in [-0.2, 0) is 14.3 Å². The number of alkyl halides is 1. The van der Waals surface area contributed by atoms with E-state index in [0.29, 0.717) is 18.8 Å². The van der Waals surface area contributed by atoms with Crippen LogP contribution in [0.5, 0.6) is 0 Å². The van der Waals surface area contributed by atoms with Crippen molar-refractivity contribution >= 4 is 27.9 Å². The van der Waals surface area contributed by atoms with Crippen molar-refractivity contribution in [2.75, 3.05) is 27.3 Å². The van der Waals surface area contributed by atoms with Crippen LogP contribution in [0.25, 0.3) is 0 Å². The highest BCUT2D eigenvalue weighted by molar-refractivity contribution is 9.10. The topological polar surface area (TPSA) is 59.1 Å². The third kappa shape index (κ3) is 1.46. The van der Waals surface area contributed by atoms with Crippen LogP contribution in [-0.4, -0.2) is 53.9 Å². The Labute approximate surface area is 101 Å². The minimum atomic E-state index is -0.606. The maximum Gasteiger partial charge on any atom is 0.331 e. The third-order valence-electron chi connectivity index (χ3n) is 2.54. The average Bonchev–Trinajstić information content (AvgIpc) is 2.32. The summed E-state index contributed by atoms with van der Waals surface area (Å²) in [6.07, 6.45) is 0. The first-order valence-electron chi connectivity index (χ1n) is 4.72. The highest BCUT2D eigenvalue weighted by Gasteiger charge is 2.44. The zero-order valence-electron chi connectivity index (χ0n) is 8.90. The standard InChI is InChI=1S/C9H11BrN2O4/c1-11-7(13)5(10)6-8(15-2)16-4-3-12(6)9(11)14/h5H,3-4H2,1-2H3. The number of rotatable bonds is 1. The minimum absolute atomic E-state index is 0.225. The van der Waals surface area contributed by atoms with Crippen LogP contribution >= 0.6 is 15.9 Å². The molecule has 3 amide bonds. The van der Waals surface area contributed by atoms with E-state index in [0.717, 1.165) is 4.90 Å². The highest BCUT2D eigenvalue weighted by atomic mass is 79.9. The monoisotopic (exact) mass is 290 g/mol. The van der Waals surface area contributed by atoms with E-state index >= 15 is 0 Å². The predicted octanol–water partition coefficient (Wildman–Crippen LogP) is 0.490. The van der Waals surface area contributed by atoms with Crippen molar-refractivity contribution in [2.45, 2.75) is 4.83 Å². The molecule has 0 aromatic carbocycles. The lowest BCUT2D eigenvalue weighted by molar-refractivity contribution is -0.128. The van der Waals surface area contributed by atoms with Crippen molar-refractivity contribution in [3.8, 4) is 0 Å². The van der Waals surface area contributed by atoms with Gasteiger partial charge in [0.05, 0.1) is 13.7 Å². The van der Waals surface area contributed by atoms with Gasteiger partial charge in [0.1, 0.15) is 17.1 Å². The minimum Gasteiger partial charge on any atom is -0.467 e. The van der Waals surface area contributed by atoms with E-state index in [-0.39, 0.29) is 17.9 Å². The summed E-state index contributed by atoms with van der Waals surface area (Å²) in [4.78, 5) is 25.5. The molecule has 0 spiro atoms. The zero-order chi connectivity index (χ0) is 11.9.